The molecule has 0 spiro atoms. The first-order chi connectivity index (χ1) is 18.6. The molecule has 2 aromatic heterocycles. The van der Waals surface area contributed by atoms with Crippen LogP contribution in [0.5, 0.6) is 5.75 Å². The van der Waals surface area contributed by atoms with Crippen LogP contribution in [0.25, 0.3) is 27.7 Å². The lowest BCUT2D eigenvalue weighted by atomic mass is 10.0. The summed E-state index contributed by atoms with van der Waals surface area (Å²) < 4.78 is 16.5. The van der Waals surface area contributed by atoms with E-state index in [2.05, 4.69) is 87.6 Å². The number of imidazole rings is 1. The van der Waals surface area contributed by atoms with Crippen molar-refractivity contribution in [3.63, 3.8) is 0 Å². The number of rotatable bonds is 5. The zero-order valence-corrected chi connectivity index (χ0v) is 22.5. The van der Waals surface area contributed by atoms with Gasteiger partial charge in [-0.2, -0.15) is 0 Å². The topological polar surface area (TPSA) is 47.7 Å². The van der Waals surface area contributed by atoms with Gasteiger partial charge in [-0.1, -0.05) is 24.3 Å². The Morgan fingerprint density at radius 2 is 1.79 bits per heavy atom. The molecule has 0 atom stereocenters. The molecule has 0 N–H and O–H groups in total. The lowest BCUT2D eigenvalue weighted by Gasteiger charge is -2.35. The van der Waals surface area contributed by atoms with E-state index >= 15 is 0 Å². The minimum absolute atomic E-state index is 0.496. The smallest absolute Gasteiger partial charge is 0.151 e. The second-order valence-corrected chi connectivity index (χ2v) is 11.2. The fraction of sp³-hybridized carbons (Fsp3) is 0.452. The van der Waals surface area contributed by atoms with Crippen molar-refractivity contribution in [2.24, 2.45) is 0 Å². The van der Waals surface area contributed by atoms with E-state index in [1.54, 1.807) is 0 Å². The van der Waals surface area contributed by atoms with Gasteiger partial charge in [-0.15, -0.1) is 0 Å². The molecule has 5 heterocycles. The van der Waals surface area contributed by atoms with Crippen LogP contribution in [0.1, 0.15) is 44.2 Å². The van der Waals surface area contributed by atoms with Crippen LogP contribution >= 0.6 is 0 Å². The third-order valence-corrected chi connectivity index (χ3v) is 8.57. The van der Waals surface area contributed by atoms with E-state index in [9.17, 15) is 0 Å². The average Bonchev–Trinajstić information content (AvgIpc) is 3.55. The van der Waals surface area contributed by atoms with E-state index in [0.717, 1.165) is 68.9 Å². The number of hydrogen-bond acceptors (Lipinski definition) is 5. The third-order valence-electron chi connectivity index (χ3n) is 8.57. The predicted octanol–water partition coefficient (Wildman–Crippen LogP) is 5.26. The number of aromatic nitrogens is 3. The standard InChI is InChI=1S/C31H37N5O2/c1-22(2)34-11-9-25(10-12-34)35-20-27(26-5-3-4-6-28(26)35)23-7-8-29-30(17-23)38-21-31-32-24(19-36(29)31)18-33-13-15-37-16-14-33/h3-8,17,19-20,22,25H,9-16,18,21H2,1-2H3. The predicted molar refractivity (Wildman–Crippen MR) is 150 cm³/mol. The van der Waals surface area contributed by atoms with Crippen LogP contribution in [0.4, 0.5) is 0 Å². The Bertz CT molecular complexity index is 1440. The van der Waals surface area contributed by atoms with Gasteiger partial charge in [0.15, 0.2) is 5.82 Å². The molecular weight excluding hydrogens is 474 g/mol. The third kappa shape index (κ3) is 4.32. The number of morpholine rings is 1. The molecule has 198 valence electrons. The highest BCUT2D eigenvalue weighted by Crippen LogP contribution is 2.39. The molecule has 2 saturated heterocycles. The summed E-state index contributed by atoms with van der Waals surface area (Å²) in [6.07, 6.45) is 6.95. The van der Waals surface area contributed by atoms with E-state index < -0.39 is 0 Å². The summed E-state index contributed by atoms with van der Waals surface area (Å²) in [5, 5.41) is 1.31. The molecule has 0 amide bonds. The highest BCUT2D eigenvalue weighted by atomic mass is 16.5. The Morgan fingerprint density at radius 3 is 2.61 bits per heavy atom. The van der Waals surface area contributed by atoms with Crippen LogP contribution in [0.3, 0.4) is 0 Å². The summed E-state index contributed by atoms with van der Waals surface area (Å²) in [6.45, 7) is 11.8. The molecule has 0 bridgehead atoms. The fourth-order valence-corrected chi connectivity index (χ4v) is 6.40. The molecule has 7 nitrogen and oxygen atoms in total. The van der Waals surface area contributed by atoms with Crippen molar-refractivity contribution in [1.82, 2.24) is 23.9 Å². The van der Waals surface area contributed by atoms with E-state index in [-0.39, 0.29) is 0 Å². The molecule has 4 aromatic rings. The zero-order valence-electron chi connectivity index (χ0n) is 22.5. The van der Waals surface area contributed by atoms with E-state index in [1.165, 1.54) is 34.9 Å². The minimum atomic E-state index is 0.496. The van der Waals surface area contributed by atoms with Crippen LogP contribution < -0.4 is 4.74 Å². The largest absolute Gasteiger partial charge is 0.483 e. The van der Waals surface area contributed by atoms with Crippen molar-refractivity contribution >= 4 is 10.9 Å². The molecule has 7 rings (SSSR count). The summed E-state index contributed by atoms with van der Waals surface area (Å²) in [7, 11) is 0. The minimum Gasteiger partial charge on any atom is -0.483 e. The van der Waals surface area contributed by atoms with Crippen LogP contribution in [0.15, 0.2) is 54.9 Å². The maximum absolute atomic E-state index is 6.26. The van der Waals surface area contributed by atoms with Gasteiger partial charge in [-0.25, -0.2) is 4.98 Å². The number of nitrogens with zero attached hydrogens (tertiary/aromatic N) is 5. The molecule has 7 heteroatoms. The summed E-state index contributed by atoms with van der Waals surface area (Å²) in [6, 6.07) is 16.7. The number of ether oxygens (including phenoxy) is 2. The fourth-order valence-electron chi connectivity index (χ4n) is 6.40. The van der Waals surface area contributed by atoms with Crippen LogP contribution in [0.2, 0.25) is 0 Å². The Hall–Kier alpha value is -3.13. The molecule has 38 heavy (non-hydrogen) atoms. The maximum Gasteiger partial charge on any atom is 0.151 e. The molecule has 0 aliphatic carbocycles. The van der Waals surface area contributed by atoms with Crippen molar-refractivity contribution in [1.29, 1.82) is 0 Å². The van der Waals surface area contributed by atoms with Crippen molar-refractivity contribution in [3.05, 3.63) is 66.4 Å². The van der Waals surface area contributed by atoms with Gasteiger partial charge >= 0.3 is 0 Å². The van der Waals surface area contributed by atoms with Gasteiger partial charge in [0, 0.05) is 73.7 Å². The first-order valence-electron chi connectivity index (χ1n) is 14.1. The number of hydrogen-bond donors (Lipinski definition) is 0. The van der Waals surface area contributed by atoms with Gasteiger partial charge in [0.05, 0.1) is 24.6 Å². The highest BCUT2D eigenvalue weighted by molar-refractivity contribution is 5.96. The molecule has 2 aromatic carbocycles. The number of para-hydroxylation sites is 1. The van der Waals surface area contributed by atoms with Crippen molar-refractivity contribution in [2.45, 2.75) is 51.9 Å². The van der Waals surface area contributed by atoms with Gasteiger partial charge in [-0.05, 0) is 50.5 Å². The summed E-state index contributed by atoms with van der Waals surface area (Å²) in [5.41, 5.74) is 5.97. The normalized spacial score (nSPS) is 19.0. The Morgan fingerprint density at radius 1 is 0.974 bits per heavy atom. The van der Waals surface area contributed by atoms with Gasteiger partial charge in [0.1, 0.15) is 12.4 Å². The van der Waals surface area contributed by atoms with Crippen LogP contribution in [0, 0.1) is 0 Å². The number of fused-ring (bicyclic) bond motifs is 4. The molecule has 0 radical (unpaired) electrons. The van der Waals surface area contributed by atoms with Gasteiger partial charge in [-0.3, -0.25) is 9.47 Å². The molecule has 0 saturated carbocycles. The van der Waals surface area contributed by atoms with Crippen LogP contribution in [-0.4, -0.2) is 69.4 Å². The Labute approximate surface area is 224 Å². The number of likely N-dealkylation sites (tertiary alicyclic amines) is 1. The van der Waals surface area contributed by atoms with E-state index in [0.29, 0.717) is 18.7 Å². The van der Waals surface area contributed by atoms with Crippen LogP contribution in [-0.2, 0) is 17.9 Å². The first kappa shape index (κ1) is 23.9. The summed E-state index contributed by atoms with van der Waals surface area (Å²) in [5.74, 6) is 1.89. The molecule has 3 aliphatic rings. The van der Waals surface area contributed by atoms with Gasteiger partial charge in [0.2, 0.25) is 0 Å². The van der Waals surface area contributed by atoms with Crippen molar-refractivity contribution in [2.75, 3.05) is 39.4 Å². The molecule has 2 fully saturated rings. The number of benzene rings is 2. The lowest BCUT2D eigenvalue weighted by Crippen LogP contribution is -2.38. The quantitative estimate of drug-likeness (QED) is 0.366. The monoisotopic (exact) mass is 511 g/mol. The maximum atomic E-state index is 6.26. The Kier molecular flexibility index (Phi) is 6.22. The second-order valence-electron chi connectivity index (χ2n) is 11.2. The van der Waals surface area contributed by atoms with Gasteiger partial charge in [0.25, 0.3) is 0 Å². The van der Waals surface area contributed by atoms with Crippen molar-refractivity contribution < 1.29 is 9.47 Å². The molecule has 3 aliphatic heterocycles. The first-order valence-corrected chi connectivity index (χ1v) is 14.1. The molecular formula is C31H37N5O2. The zero-order chi connectivity index (χ0) is 25.6. The number of piperidine rings is 1. The van der Waals surface area contributed by atoms with Gasteiger partial charge < -0.3 is 18.9 Å². The SMILES string of the molecule is CC(C)N1CCC(n2cc(-c3ccc4c(c3)OCc3nc(CN5CCOCC5)cn3-4)c3ccccc32)CC1. The van der Waals surface area contributed by atoms with E-state index in [4.69, 9.17) is 14.5 Å². The van der Waals surface area contributed by atoms with E-state index in [1.807, 2.05) is 0 Å². The lowest BCUT2D eigenvalue weighted by molar-refractivity contribution is 0.0337. The Balaban J connectivity index is 1.19. The highest BCUT2D eigenvalue weighted by Gasteiger charge is 2.25. The molecule has 0 unspecified atom stereocenters. The summed E-state index contributed by atoms with van der Waals surface area (Å²) >= 11 is 0. The van der Waals surface area contributed by atoms with Crippen molar-refractivity contribution in [3.8, 4) is 22.6 Å². The summed E-state index contributed by atoms with van der Waals surface area (Å²) in [4.78, 5) is 9.89. The second kappa shape index (κ2) is 9.88. The average molecular weight is 512 g/mol.